The van der Waals surface area contributed by atoms with Crippen LogP contribution in [0.15, 0.2) is 102 Å². The SMILES string of the molecule is COc1cc(N2CCC(N3CCC(CN4CCC5(CCCN(c6ccc7c(c6)C(=O)N(C6CCC(=O)NC6=O)C7=O)C5)CC4)CC3)CC2)c(-c2cnn(C)c2)cc1Nc1ncc(Br)c(Nc2ccc(-c3ccccc3)cc2P(C)(C)=O)n1. The molecule has 3 N–H and O–H groups in total. The lowest BCUT2D eigenvalue weighted by molar-refractivity contribution is -0.136. The molecule has 1 unspecified atom stereocenters. The predicted molar refractivity (Wildman–Crippen MR) is 325 cm³/mol. The summed E-state index contributed by atoms with van der Waals surface area (Å²) in [4.78, 5) is 72.4. The fraction of sp³-hybridized carbons (Fsp3) is 0.435. The molecule has 18 nitrogen and oxygen atoms in total. The minimum absolute atomic E-state index is 0.0997. The maximum absolute atomic E-state index is 13.7. The summed E-state index contributed by atoms with van der Waals surface area (Å²) in [5, 5.41) is 14.5. The van der Waals surface area contributed by atoms with Crippen LogP contribution in [0, 0.1) is 11.3 Å². The number of amides is 4. The van der Waals surface area contributed by atoms with Gasteiger partial charge in [0.25, 0.3) is 11.8 Å². The molecular weight excluding hydrogens is 1120 g/mol. The van der Waals surface area contributed by atoms with E-state index in [1.165, 1.54) is 19.3 Å². The number of benzene rings is 4. The van der Waals surface area contributed by atoms with E-state index in [1.54, 1.807) is 32.7 Å². The van der Waals surface area contributed by atoms with Crippen molar-refractivity contribution < 1.29 is 28.5 Å². The Bertz CT molecular complexity index is 3470. The Morgan fingerprint density at radius 2 is 1.52 bits per heavy atom. The molecular formula is C62H72BrN12O6P. The van der Waals surface area contributed by atoms with Gasteiger partial charge in [-0.05, 0) is 172 Å². The monoisotopic (exact) mass is 1190 g/mol. The smallest absolute Gasteiger partial charge is 0.262 e. The Labute approximate surface area is 487 Å². The zero-order valence-corrected chi connectivity index (χ0v) is 49.7. The number of aryl methyl sites for hydroxylation is 1. The van der Waals surface area contributed by atoms with Crippen LogP contribution in [-0.4, -0.2) is 150 Å². The molecule has 82 heavy (non-hydrogen) atoms. The van der Waals surface area contributed by atoms with Crippen LogP contribution in [0.3, 0.4) is 0 Å². The van der Waals surface area contributed by atoms with Crippen LogP contribution in [0.2, 0.25) is 0 Å². The van der Waals surface area contributed by atoms with Crippen molar-refractivity contribution in [2.24, 2.45) is 18.4 Å². The summed E-state index contributed by atoms with van der Waals surface area (Å²) >= 11 is 3.66. The maximum Gasteiger partial charge on any atom is 0.262 e. The van der Waals surface area contributed by atoms with Gasteiger partial charge in [-0.1, -0.05) is 36.4 Å². The summed E-state index contributed by atoms with van der Waals surface area (Å²) in [7, 11) is 0.918. The van der Waals surface area contributed by atoms with Crippen molar-refractivity contribution in [3.05, 3.63) is 113 Å². The van der Waals surface area contributed by atoms with Crippen molar-refractivity contribution in [3.8, 4) is 28.0 Å². The molecule has 6 aromatic rings. The highest BCUT2D eigenvalue weighted by Crippen LogP contribution is 2.45. The lowest BCUT2D eigenvalue weighted by atomic mass is 9.72. The number of piperidine rings is 5. The molecule has 0 aliphatic carbocycles. The predicted octanol–water partition coefficient (Wildman–Crippen LogP) is 9.51. The first kappa shape index (κ1) is 55.6. The van der Waals surface area contributed by atoms with Crippen LogP contribution in [0.4, 0.5) is 34.5 Å². The Hall–Kier alpha value is -6.92. The van der Waals surface area contributed by atoms with Crippen molar-refractivity contribution in [3.63, 3.8) is 0 Å². The Kier molecular flexibility index (Phi) is 15.6. The average molecular weight is 1190 g/mol. The van der Waals surface area contributed by atoms with Gasteiger partial charge >= 0.3 is 0 Å². The van der Waals surface area contributed by atoms with Crippen LogP contribution in [0.1, 0.15) is 84.9 Å². The zero-order valence-electron chi connectivity index (χ0n) is 47.2. The molecule has 6 aliphatic rings. The summed E-state index contributed by atoms with van der Waals surface area (Å²) in [6.07, 6.45) is 15.1. The number of hydrogen-bond acceptors (Lipinski definition) is 15. The third-order valence-corrected chi connectivity index (χ3v) is 20.2. The van der Waals surface area contributed by atoms with Gasteiger partial charge in [0.15, 0.2) is 0 Å². The van der Waals surface area contributed by atoms with E-state index in [4.69, 9.17) is 9.72 Å². The molecule has 6 aliphatic heterocycles. The maximum atomic E-state index is 13.7. The molecule has 12 rings (SSSR count). The molecule has 5 fully saturated rings. The minimum Gasteiger partial charge on any atom is -0.494 e. The fourth-order valence-electron chi connectivity index (χ4n) is 13.6. The summed E-state index contributed by atoms with van der Waals surface area (Å²) in [5.41, 5.74) is 8.45. The number of likely N-dealkylation sites (tertiary alicyclic amines) is 2. The first-order valence-corrected chi connectivity index (χ1v) is 32.3. The lowest BCUT2D eigenvalue weighted by Crippen LogP contribution is -2.54. The van der Waals surface area contributed by atoms with Crippen LogP contribution >= 0.6 is 23.1 Å². The zero-order chi connectivity index (χ0) is 56.9. The summed E-state index contributed by atoms with van der Waals surface area (Å²) in [6.45, 7) is 12.9. The third kappa shape index (κ3) is 11.5. The number of nitrogens with one attached hydrogen (secondary N) is 3. The van der Waals surface area contributed by atoms with Gasteiger partial charge in [0.05, 0.1) is 40.3 Å². The van der Waals surface area contributed by atoms with Gasteiger partial charge in [0.1, 0.15) is 24.8 Å². The van der Waals surface area contributed by atoms with E-state index in [-0.39, 0.29) is 24.2 Å². The van der Waals surface area contributed by atoms with E-state index in [1.807, 2.05) is 72.7 Å². The molecule has 2 aromatic heterocycles. The van der Waals surface area contributed by atoms with Crippen LogP contribution in [-0.2, 0) is 21.2 Å². The number of ether oxygens (including phenoxy) is 1. The van der Waals surface area contributed by atoms with E-state index in [9.17, 15) is 23.7 Å². The highest BCUT2D eigenvalue weighted by Gasteiger charge is 2.46. The van der Waals surface area contributed by atoms with Gasteiger partial charge in [0, 0.05) is 98.5 Å². The number of fused-ring (bicyclic) bond motifs is 1. The highest BCUT2D eigenvalue weighted by molar-refractivity contribution is 9.10. The summed E-state index contributed by atoms with van der Waals surface area (Å²) < 4.78 is 22.3. The number of halogens is 1. The molecule has 0 bridgehead atoms. The molecule has 5 saturated heterocycles. The molecule has 428 valence electrons. The van der Waals surface area contributed by atoms with Crippen molar-refractivity contribution in [2.45, 2.75) is 76.3 Å². The highest BCUT2D eigenvalue weighted by atomic mass is 79.9. The van der Waals surface area contributed by atoms with Crippen molar-refractivity contribution in [1.29, 1.82) is 0 Å². The van der Waals surface area contributed by atoms with E-state index >= 15 is 0 Å². The van der Waals surface area contributed by atoms with Crippen LogP contribution in [0.5, 0.6) is 5.75 Å². The van der Waals surface area contributed by atoms with E-state index in [2.05, 4.69) is 85.8 Å². The minimum atomic E-state index is -2.71. The fourth-order valence-corrected chi connectivity index (χ4v) is 15.0. The second-order valence-electron chi connectivity index (χ2n) is 23.8. The van der Waals surface area contributed by atoms with Gasteiger partial charge in [-0.3, -0.25) is 34.1 Å². The van der Waals surface area contributed by atoms with Crippen molar-refractivity contribution >= 4 is 86.5 Å². The Balaban J connectivity index is 0.647. The number of anilines is 6. The summed E-state index contributed by atoms with van der Waals surface area (Å²) in [6, 6.07) is 25.4. The molecule has 0 saturated carbocycles. The molecule has 1 spiro atoms. The largest absolute Gasteiger partial charge is 0.494 e. The van der Waals surface area contributed by atoms with Gasteiger partial charge in [0.2, 0.25) is 17.8 Å². The number of carbonyl (C=O) groups is 4. The van der Waals surface area contributed by atoms with Gasteiger partial charge in [-0.15, -0.1) is 0 Å². The second kappa shape index (κ2) is 23.0. The van der Waals surface area contributed by atoms with Gasteiger partial charge < -0.3 is 39.5 Å². The third-order valence-electron chi connectivity index (χ3n) is 18.1. The topological polar surface area (TPSA) is 190 Å². The lowest BCUT2D eigenvalue weighted by Gasteiger charge is -2.49. The molecule has 4 aromatic carbocycles. The van der Waals surface area contributed by atoms with Gasteiger partial charge in [-0.2, -0.15) is 10.1 Å². The number of nitrogens with zero attached hydrogens (tertiary/aromatic N) is 9. The number of carbonyl (C=O) groups excluding carboxylic acids is 4. The van der Waals surface area contributed by atoms with Gasteiger partial charge in [-0.25, -0.2) is 4.98 Å². The second-order valence-corrected chi connectivity index (χ2v) is 27.8. The number of rotatable bonds is 14. The van der Waals surface area contributed by atoms with E-state index < -0.39 is 30.9 Å². The average Bonchev–Trinajstić information content (AvgIpc) is 4.14. The first-order valence-electron chi connectivity index (χ1n) is 28.9. The van der Waals surface area contributed by atoms with Crippen molar-refractivity contribution in [1.82, 2.24) is 39.8 Å². The standard InChI is InChI=1S/C62H72BrN12O6P/c1-70-38-43(35-65-70)47-33-51(67-61-64-36-49(63)57(69-61)66-50-14-11-42(31-55(50)82(3,4)80)41-9-6-5-7-10-41)54(81-2)34-53(47)73-27-19-44(20-28-73)72-25-17-40(18-26-72)37-71-29-22-62(23-30-71)21-8-24-74(39-62)45-12-13-46-48(32-45)60(79)75(59(46)78)52-15-16-56(76)68-58(52)77/h5-7,9-14,31-36,38,40,44,52H,8,15-30,37,39H2,1-4H3,(H,68,76,77)(H2,64,66,67,69). The van der Waals surface area contributed by atoms with Crippen LogP contribution in [0.25, 0.3) is 22.3 Å². The molecule has 20 heteroatoms. The van der Waals surface area contributed by atoms with E-state index in [0.717, 1.165) is 141 Å². The Morgan fingerprint density at radius 1 is 0.756 bits per heavy atom. The van der Waals surface area contributed by atoms with Crippen molar-refractivity contribution in [2.75, 3.05) is 99.8 Å². The number of hydrogen-bond donors (Lipinski definition) is 3. The molecule has 0 radical (unpaired) electrons. The Morgan fingerprint density at radius 3 is 2.24 bits per heavy atom. The molecule has 4 amide bonds. The summed E-state index contributed by atoms with van der Waals surface area (Å²) in [5.74, 6) is 0.363. The number of aromatic nitrogens is 4. The number of methoxy groups -OCH3 is 1. The van der Waals surface area contributed by atoms with Crippen LogP contribution < -0.4 is 35.8 Å². The molecule has 1 atom stereocenters. The molecule has 8 heterocycles. The van der Waals surface area contributed by atoms with E-state index in [0.29, 0.717) is 50.8 Å². The first-order chi connectivity index (χ1) is 39.6. The normalized spacial score (nSPS) is 20.4. The quantitative estimate of drug-likeness (QED) is 0.0690. The number of imide groups is 2.